The first kappa shape index (κ1) is 15.9. The Morgan fingerprint density at radius 2 is 2.05 bits per heavy atom. The molecule has 0 unspecified atom stereocenters. The molecule has 5 nitrogen and oxygen atoms in total. The van der Waals surface area contributed by atoms with E-state index >= 15 is 0 Å². The topological polar surface area (TPSA) is 63.2 Å². The molecule has 0 bridgehead atoms. The third-order valence-electron chi connectivity index (χ3n) is 2.17. The predicted octanol–water partition coefficient (Wildman–Crippen LogP) is 2.54. The van der Waals surface area contributed by atoms with Crippen LogP contribution in [-0.4, -0.2) is 28.8 Å². The van der Waals surface area contributed by atoms with Gasteiger partial charge in [-0.25, -0.2) is 9.78 Å². The minimum atomic E-state index is -0.478. The van der Waals surface area contributed by atoms with E-state index in [1.165, 1.54) is 0 Å². The number of alkyl carbamates (subject to hydrolysis) is 1. The third-order valence-corrected chi connectivity index (χ3v) is 2.95. The lowest BCUT2D eigenvalue weighted by molar-refractivity contribution is 0.0472. The molecule has 0 fully saturated rings. The van der Waals surface area contributed by atoms with Crippen LogP contribution in [0, 0.1) is 0 Å². The number of carbonyl (C=O) groups is 1. The van der Waals surface area contributed by atoms with E-state index in [1.54, 1.807) is 17.5 Å². The Bertz CT molecular complexity index is 397. The van der Waals surface area contributed by atoms with Crippen LogP contribution in [0.3, 0.4) is 0 Å². The molecule has 6 heteroatoms. The maximum atomic E-state index is 11.7. The summed E-state index contributed by atoms with van der Waals surface area (Å²) >= 11 is 1.61. The average molecular weight is 285 g/mol. The van der Waals surface area contributed by atoms with Crippen molar-refractivity contribution in [1.29, 1.82) is 0 Å². The van der Waals surface area contributed by atoms with Gasteiger partial charge in [0.25, 0.3) is 0 Å². The lowest BCUT2D eigenvalue weighted by Crippen LogP contribution is -2.51. The number of hydrogen-bond acceptors (Lipinski definition) is 5. The maximum Gasteiger partial charge on any atom is 0.408 e. The van der Waals surface area contributed by atoms with Crippen molar-refractivity contribution in [3.05, 3.63) is 16.6 Å². The Morgan fingerprint density at radius 1 is 1.37 bits per heavy atom. The Morgan fingerprint density at radius 3 is 2.58 bits per heavy atom. The third kappa shape index (κ3) is 7.12. The fourth-order valence-corrected chi connectivity index (χ4v) is 2.03. The smallest absolute Gasteiger partial charge is 0.408 e. The number of nitrogens with zero attached hydrogens (tertiary/aromatic N) is 1. The fraction of sp³-hybridized carbons (Fsp3) is 0.692. The molecular formula is C13H23N3O2S. The van der Waals surface area contributed by atoms with Crippen molar-refractivity contribution >= 4 is 17.4 Å². The van der Waals surface area contributed by atoms with E-state index in [0.717, 1.165) is 5.01 Å². The summed E-state index contributed by atoms with van der Waals surface area (Å²) in [6.45, 7) is 10.8. The Kier molecular flexibility index (Phi) is 5.31. The number of aromatic nitrogens is 1. The van der Waals surface area contributed by atoms with Gasteiger partial charge in [-0.15, -0.1) is 11.3 Å². The molecule has 0 aromatic carbocycles. The molecule has 19 heavy (non-hydrogen) atoms. The largest absolute Gasteiger partial charge is 0.444 e. The molecule has 1 aromatic rings. The second kappa shape index (κ2) is 6.34. The normalized spacial score (nSPS) is 12.3. The van der Waals surface area contributed by atoms with Gasteiger partial charge < -0.3 is 15.4 Å². The quantitative estimate of drug-likeness (QED) is 0.872. The van der Waals surface area contributed by atoms with Crippen LogP contribution in [0.5, 0.6) is 0 Å². The van der Waals surface area contributed by atoms with Gasteiger partial charge in [0.15, 0.2) is 0 Å². The zero-order valence-corrected chi connectivity index (χ0v) is 13.1. The number of rotatable bonds is 5. The van der Waals surface area contributed by atoms with Crippen molar-refractivity contribution in [2.75, 3.05) is 6.54 Å². The molecule has 1 heterocycles. The molecule has 0 aliphatic rings. The second-order valence-corrected chi connectivity index (χ2v) is 7.02. The molecule has 0 aliphatic carbocycles. The van der Waals surface area contributed by atoms with Gasteiger partial charge in [0.1, 0.15) is 10.6 Å². The molecule has 0 spiro atoms. The first-order chi connectivity index (χ1) is 8.68. The van der Waals surface area contributed by atoms with Crippen LogP contribution >= 0.6 is 11.3 Å². The van der Waals surface area contributed by atoms with Crippen molar-refractivity contribution in [3.8, 4) is 0 Å². The number of hydrogen-bond donors (Lipinski definition) is 2. The Balaban J connectivity index is 2.32. The SMILES string of the molecule is CC(C)(CNCc1nccs1)NC(=O)OC(C)(C)C. The van der Waals surface area contributed by atoms with E-state index in [-0.39, 0.29) is 5.54 Å². The van der Waals surface area contributed by atoms with E-state index in [9.17, 15) is 4.79 Å². The summed E-state index contributed by atoms with van der Waals surface area (Å²) in [6, 6.07) is 0. The van der Waals surface area contributed by atoms with Crippen molar-refractivity contribution in [2.24, 2.45) is 0 Å². The highest BCUT2D eigenvalue weighted by Crippen LogP contribution is 2.09. The summed E-state index contributed by atoms with van der Waals surface area (Å²) in [5, 5.41) is 9.11. The molecular weight excluding hydrogens is 262 g/mol. The lowest BCUT2D eigenvalue weighted by Gasteiger charge is -2.28. The van der Waals surface area contributed by atoms with E-state index < -0.39 is 11.7 Å². The molecule has 0 aliphatic heterocycles. The number of thiazole rings is 1. The van der Waals surface area contributed by atoms with E-state index in [1.807, 2.05) is 40.0 Å². The summed E-state index contributed by atoms with van der Waals surface area (Å²) in [5.41, 5.74) is -0.853. The second-order valence-electron chi connectivity index (χ2n) is 6.04. The van der Waals surface area contributed by atoms with Crippen LogP contribution in [0.15, 0.2) is 11.6 Å². The molecule has 0 saturated carbocycles. The van der Waals surface area contributed by atoms with Crippen LogP contribution in [0.4, 0.5) is 4.79 Å². The number of amides is 1. The molecule has 1 aromatic heterocycles. The highest BCUT2D eigenvalue weighted by atomic mass is 32.1. The zero-order chi connectivity index (χ0) is 14.5. The van der Waals surface area contributed by atoms with Crippen molar-refractivity contribution in [3.63, 3.8) is 0 Å². The Labute approximate surface area is 118 Å². The van der Waals surface area contributed by atoms with Crippen LogP contribution in [0.1, 0.15) is 39.6 Å². The highest BCUT2D eigenvalue weighted by molar-refractivity contribution is 7.09. The number of carbonyl (C=O) groups excluding carboxylic acids is 1. The summed E-state index contributed by atoms with van der Waals surface area (Å²) in [5.74, 6) is 0. The van der Waals surface area contributed by atoms with E-state index in [4.69, 9.17) is 4.74 Å². The molecule has 2 N–H and O–H groups in total. The van der Waals surface area contributed by atoms with Crippen LogP contribution < -0.4 is 10.6 Å². The number of ether oxygens (including phenoxy) is 1. The molecule has 1 rings (SSSR count). The highest BCUT2D eigenvalue weighted by Gasteiger charge is 2.24. The van der Waals surface area contributed by atoms with Gasteiger partial charge in [-0.1, -0.05) is 0 Å². The van der Waals surface area contributed by atoms with Gasteiger partial charge in [-0.05, 0) is 34.6 Å². The predicted molar refractivity (Wildman–Crippen MR) is 77.3 cm³/mol. The first-order valence-corrected chi connectivity index (χ1v) is 7.16. The van der Waals surface area contributed by atoms with Gasteiger partial charge in [0.05, 0.1) is 5.54 Å². The van der Waals surface area contributed by atoms with Gasteiger partial charge in [-0.3, -0.25) is 0 Å². The van der Waals surface area contributed by atoms with E-state index in [2.05, 4.69) is 15.6 Å². The van der Waals surface area contributed by atoms with Gasteiger partial charge in [0.2, 0.25) is 0 Å². The summed E-state index contributed by atoms with van der Waals surface area (Å²) in [4.78, 5) is 15.9. The van der Waals surface area contributed by atoms with Gasteiger partial charge in [0, 0.05) is 24.7 Å². The summed E-state index contributed by atoms with van der Waals surface area (Å²) in [6.07, 6.45) is 1.39. The van der Waals surface area contributed by atoms with Crippen molar-refractivity contribution < 1.29 is 9.53 Å². The molecule has 108 valence electrons. The average Bonchev–Trinajstić information content (AvgIpc) is 2.65. The van der Waals surface area contributed by atoms with Crippen molar-refractivity contribution in [1.82, 2.24) is 15.6 Å². The monoisotopic (exact) mass is 285 g/mol. The van der Waals surface area contributed by atoms with Gasteiger partial charge in [-0.2, -0.15) is 0 Å². The maximum absolute atomic E-state index is 11.7. The molecule has 0 radical (unpaired) electrons. The lowest BCUT2D eigenvalue weighted by atomic mass is 10.1. The van der Waals surface area contributed by atoms with Crippen LogP contribution in [0.25, 0.3) is 0 Å². The standard InChI is InChI=1S/C13H23N3O2S/c1-12(2,3)18-11(17)16-13(4,5)9-14-8-10-15-6-7-19-10/h6-7,14H,8-9H2,1-5H3,(H,16,17). The van der Waals surface area contributed by atoms with E-state index in [0.29, 0.717) is 13.1 Å². The number of nitrogens with one attached hydrogen (secondary N) is 2. The van der Waals surface area contributed by atoms with Crippen molar-refractivity contribution in [2.45, 2.75) is 52.3 Å². The van der Waals surface area contributed by atoms with Gasteiger partial charge >= 0.3 is 6.09 Å². The fourth-order valence-electron chi connectivity index (χ4n) is 1.45. The zero-order valence-electron chi connectivity index (χ0n) is 12.2. The first-order valence-electron chi connectivity index (χ1n) is 6.28. The van der Waals surface area contributed by atoms with Crippen LogP contribution in [-0.2, 0) is 11.3 Å². The molecule has 1 amide bonds. The van der Waals surface area contributed by atoms with Crippen LogP contribution in [0.2, 0.25) is 0 Å². The summed E-state index contributed by atoms with van der Waals surface area (Å²) in [7, 11) is 0. The minimum Gasteiger partial charge on any atom is -0.444 e. The Hall–Kier alpha value is -1.14. The summed E-state index contributed by atoms with van der Waals surface area (Å²) < 4.78 is 5.24. The molecule has 0 saturated heterocycles. The minimum absolute atomic E-state index is 0.375. The molecule has 0 atom stereocenters.